The summed E-state index contributed by atoms with van der Waals surface area (Å²) in [5.74, 6) is 0.755. The zero-order chi connectivity index (χ0) is 23.9. The van der Waals surface area contributed by atoms with Crippen LogP contribution in [-0.4, -0.2) is 46.0 Å². The molecule has 0 bridgehead atoms. The Hall–Kier alpha value is -3.92. The second-order valence-corrected chi connectivity index (χ2v) is 8.46. The summed E-state index contributed by atoms with van der Waals surface area (Å²) in [6.45, 7) is 3.13. The highest BCUT2D eigenvalue weighted by atomic mass is 32.1. The van der Waals surface area contributed by atoms with Gasteiger partial charge in [0.2, 0.25) is 0 Å². The van der Waals surface area contributed by atoms with Gasteiger partial charge >= 0.3 is 0 Å². The van der Waals surface area contributed by atoms with Gasteiger partial charge in [0.25, 0.3) is 5.91 Å². The maximum Gasteiger partial charge on any atom is 0.263 e. The molecule has 0 saturated heterocycles. The largest absolute Gasteiger partial charge is 0.492 e. The molecular weight excluding hydrogens is 455 g/mol. The van der Waals surface area contributed by atoms with Crippen molar-refractivity contribution in [3.63, 3.8) is 0 Å². The summed E-state index contributed by atoms with van der Waals surface area (Å²) in [5, 5.41) is 3.52. The number of likely N-dealkylation sites (N-methyl/N-ethyl adjacent to an activating group) is 1. The van der Waals surface area contributed by atoms with E-state index >= 15 is 0 Å². The van der Waals surface area contributed by atoms with E-state index < -0.39 is 0 Å². The normalized spacial score (nSPS) is 10.7. The van der Waals surface area contributed by atoms with Gasteiger partial charge in [0.05, 0.1) is 24.6 Å². The Kier molecular flexibility index (Phi) is 7.38. The number of anilines is 1. The predicted molar refractivity (Wildman–Crippen MR) is 128 cm³/mol. The third kappa shape index (κ3) is 5.90. The molecule has 0 saturated carbocycles. The first-order chi connectivity index (χ1) is 16.5. The number of halogens is 1. The van der Waals surface area contributed by atoms with Gasteiger partial charge in [0.1, 0.15) is 39.6 Å². The van der Waals surface area contributed by atoms with Crippen LogP contribution in [0.25, 0.3) is 10.7 Å². The van der Waals surface area contributed by atoms with Crippen LogP contribution in [0.4, 0.5) is 10.2 Å². The molecule has 0 fully saturated rings. The average molecular weight is 479 g/mol. The highest BCUT2D eigenvalue weighted by Gasteiger charge is 2.18. The van der Waals surface area contributed by atoms with Crippen molar-refractivity contribution in [2.75, 3.05) is 25.1 Å². The SMILES string of the molecule is Cc1nc(-c2cncc(N(C)CCOc3ccc(F)cc3)n2)sc1C(=O)NCc1cccnc1. The molecule has 3 heterocycles. The van der Waals surface area contributed by atoms with E-state index in [1.807, 2.05) is 24.1 Å². The van der Waals surface area contributed by atoms with Gasteiger partial charge in [-0.15, -0.1) is 11.3 Å². The fraction of sp³-hybridized carbons (Fsp3) is 0.208. The Morgan fingerprint density at radius 2 is 1.94 bits per heavy atom. The van der Waals surface area contributed by atoms with E-state index in [0.29, 0.717) is 52.5 Å². The number of amides is 1. The van der Waals surface area contributed by atoms with Gasteiger partial charge in [-0.25, -0.2) is 14.4 Å². The summed E-state index contributed by atoms with van der Waals surface area (Å²) >= 11 is 1.28. The number of nitrogens with zero attached hydrogens (tertiary/aromatic N) is 5. The Morgan fingerprint density at radius 1 is 1.12 bits per heavy atom. The van der Waals surface area contributed by atoms with Crippen molar-refractivity contribution in [1.82, 2.24) is 25.3 Å². The van der Waals surface area contributed by atoms with Crippen LogP contribution < -0.4 is 15.0 Å². The third-order valence-corrected chi connectivity index (χ3v) is 6.10. The monoisotopic (exact) mass is 478 g/mol. The summed E-state index contributed by atoms with van der Waals surface area (Å²) in [5.41, 5.74) is 2.14. The standard InChI is InChI=1S/C24H23FN6O2S/c1-16-22(23(32)28-13-17-4-3-9-26-12-17)34-24(29-16)20-14-27-15-21(30-20)31(2)10-11-33-19-7-5-18(25)6-8-19/h3-9,12,14-15H,10-11,13H2,1-2H3,(H,28,32). The van der Waals surface area contributed by atoms with Gasteiger partial charge in [-0.1, -0.05) is 6.07 Å². The zero-order valence-electron chi connectivity index (χ0n) is 18.7. The summed E-state index contributed by atoms with van der Waals surface area (Å²) in [6, 6.07) is 9.63. The highest BCUT2D eigenvalue weighted by Crippen LogP contribution is 2.27. The minimum atomic E-state index is -0.303. The molecule has 174 valence electrons. The highest BCUT2D eigenvalue weighted by molar-refractivity contribution is 7.17. The van der Waals surface area contributed by atoms with Crippen LogP contribution in [0, 0.1) is 12.7 Å². The Labute approximate surface area is 200 Å². The van der Waals surface area contributed by atoms with E-state index in [1.165, 1.54) is 23.5 Å². The summed E-state index contributed by atoms with van der Waals surface area (Å²) in [6.07, 6.45) is 6.69. The van der Waals surface area contributed by atoms with Gasteiger partial charge in [0, 0.05) is 26.0 Å². The molecular formula is C24H23FN6O2S. The number of ether oxygens (including phenoxy) is 1. The fourth-order valence-electron chi connectivity index (χ4n) is 3.07. The van der Waals surface area contributed by atoms with Crippen LogP contribution in [0.15, 0.2) is 61.2 Å². The molecule has 1 amide bonds. The lowest BCUT2D eigenvalue weighted by Gasteiger charge is -2.18. The minimum absolute atomic E-state index is 0.190. The van der Waals surface area contributed by atoms with Crippen LogP contribution in [0.2, 0.25) is 0 Å². The lowest BCUT2D eigenvalue weighted by molar-refractivity contribution is 0.0954. The van der Waals surface area contributed by atoms with E-state index in [4.69, 9.17) is 4.74 Å². The summed E-state index contributed by atoms with van der Waals surface area (Å²) < 4.78 is 18.7. The van der Waals surface area contributed by atoms with E-state index in [2.05, 4.69) is 25.3 Å². The smallest absolute Gasteiger partial charge is 0.263 e. The molecule has 0 unspecified atom stereocenters. The maximum atomic E-state index is 13.0. The molecule has 10 heteroatoms. The van der Waals surface area contributed by atoms with Crippen LogP contribution in [0.1, 0.15) is 20.9 Å². The van der Waals surface area contributed by atoms with E-state index in [0.717, 1.165) is 5.56 Å². The summed E-state index contributed by atoms with van der Waals surface area (Å²) in [4.78, 5) is 32.6. The molecule has 3 aromatic heterocycles. The van der Waals surface area contributed by atoms with Crippen molar-refractivity contribution in [3.8, 4) is 16.5 Å². The number of aryl methyl sites for hydroxylation is 1. The molecule has 0 aliphatic heterocycles. The first-order valence-corrected chi connectivity index (χ1v) is 11.4. The number of aromatic nitrogens is 4. The topological polar surface area (TPSA) is 93.1 Å². The van der Waals surface area contributed by atoms with Crippen molar-refractivity contribution in [2.45, 2.75) is 13.5 Å². The van der Waals surface area contributed by atoms with Crippen molar-refractivity contribution < 1.29 is 13.9 Å². The van der Waals surface area contributed by atoms with Crippen LogP contribution in [0.3, 0.4) is 0 Å². The predicted octanol–water partition coefficient (Wildman–Crippen LogP) is 3.89. The van der Waals surface area contributed by atoms with Gasteiger partial charge < -0.3 is 15.0 Å². The van der Waals surface area contributed by atoms with Gasteiger partial charge in [0.15, 0.2) is 0 Å². The molecule has 0 atom stereocenters. The van der Waals surface area contributed by atoms with Gasteiger partial charge in [-0.3, -0.25) is 14.8 Å². The molecule has 4 rings (SSSR count). The minimum Gasteiger partial charge on any atom is -0.492 e. The number of carbonyl (C=O) groups excluding carboxylic acids is 1. The molecule has 4 aromatic rings. The van der Waals surface area contributed by atoms with Crippen molar-refractivity contribution in [2.24, 2.45) is 0 Å². The molecule has 0 radical (unpaired) electrons. The number of carbonyl (C=O) groups is 1. The number of benzene rings is 1. The lowest BCUT2D eigenvalue weighted by atomic mass is 10.3. The number of pyridine rings is 1. The second kappa shape index (κ2) is 10.8. The van der Waals surface area contributed by atoms with Gasteiger partial charge in [-0.2, -0.15) is 0 Å². The third-order valence-electron chi connectivity index (χ3n) is 4.92. The number of hydrogen-bond donors (Lipinski definition) is 1. The quantitative estimate of drug-likeness (QED) is 0.390. The van der Waals surface area contributed by atoms with E-state index in [9.17, 15) is 9.18 Å². The first kappa shape index (κ1) is 23.2. The average Bonchev–Trinajstić information content (AvgIpc) is 3.26. The second-order valence-electron chi connectivity index (χ2n) is 7.46. The van der Waals surface area contributed by atoms with Crippen molar-refractivity contribution in [3.05, 3.63) is 83.1 Å². The zero-order valence-corrected chi connectivity index (χ0v) is 19.6. The van der Waals surface area contributed by atoms with Crippen molar-refractivity contribution in [1.29, 1.82) is 0 Å². The molecule has 1 aromatic carbocycles. The van der Waals surface area contributed by atoms with Crippen molar-refractivity contribution >= 4 is 23.1 Å². The number of thiazole rings is 1. The molecule has 34 heavy (non-hydrogen) atoms. The van der Waals surface area contributed by atoms with Crippen LogP contribution in [0.5, 0.6) is 5.75 Å². The Balaban J connectivity index is 1.38. The molecule has 1 N–H and O–H groups in total. The van der Waals surface area contributed by atoms with E-state index in [1.54, 1.807) is 43.8 Å². The molecule has 0 aliphatic rings. The molecule has 0 spiro atoms. The fourth-order valence-corrected chi connectivity index (χ4v) is 4.01. The van der Waals surface area contributed by atoms with Crippen LogP contribution in [-0.2, 0) is 6.54 Å². The summed E-state index contributed by atoms with van der Waals surface area (Å²) in [7, 11) is 1.88. The molecule has 8 nitrogen and oxygen atoms in total. The van der Waals surface area contributed by atoms with Gasteiger partial charge in [-0.05, 0) is 42.8 Å². The molecule has 0 aliphatic carbocycles. The van der Waals surface area contributed by atoms with Crippen LogP contribution >= 0.6 is 11.3 Å². The number of hydrogen-bond acceptors (Lipinski definition) is 8. The maximum absolute atomic E-state index is 13.0. The lowest BCUT2D eigenvalue weighted by Crippen LogP contribution is -2.24. The Bertz CT molecular complexity index is 1250. The number of nitrogens with one attached hydrogen (secondary N) is 1. The Morgan fingerprint density at radius 3 is 2.71 bits per heavy atom. The first-order valence-electron chi connectivity index (χ1n) is 10.6. The van der Waals surface area contributed by atoms with E-state index in [-0.39, 0.29) is 11.7 Å². The number of rotatable bonds is 9.